The molecule has 2 atom stereocenters. The Hall–Kier alpha value is -2.14. The molecule has 0 bridgehead atoms. The lowest BCUT2D eigenvalue weighted by atomic mass is 10.1. The van der Waals surface area contributed by atoms with Gasteiger partial charge in [0.05, 0.1) is 6.10 Å². The van der Waals surface area contributed by atoms with Crippen LogP contribution in [-0.4, -0.2) is 29.6 Å². The average Bonchev–Trinajstić information content (AvgIpc) is 2.89. The summed E-state index contributed by atoms with van der Waals surface area (Å²) < 4.78 is 0. The van der Waals surface area contributed by atoms with E-state index in [2.05, 4.69) is 10.6 Å². The quantitative estimate of drug-likeness (QED) is 0.727. The number of aliphatic hydroxyl groups excluding tert-OH is 1. The number of carbonyl (C=O) groups is 2. The van der Waals surface area contributed by atoms with Gasteiger partial charge in [-0.2, -0.15) is 0 Å². The highest BCUT2D eigenvalue weighted by Crippen LogP contribution is 2.24. The molecule has 118 valence electrons. The number of benzene rings is 1. The van der Waals surface area contributed by atoms with Gasteiger partial charge in [0.2, 0.25) is 11.8 Å². The molecule has 0 spiro atoms. The number of anilines is 1. The van der Waals surface area contributed by atoms with Crippen molar-refractivity contribution in [2.24, 2.45) is 5.92 Å². The minimum atomic E-state index is -0.286. The Morgan fingerprint density at radius 2 is 2.00 bits per heavy atom. The summed E-state index contributed by atoms with van der Waals surface area (Å²) in [5, 5.41) is 15.2. The summed E-state index contributed by atoms with van der Waals surface area (Å²) in [5.74, 6) is -0.101. The molecule has 5 nitrogen and oxygen atoms in total. The molecule has 2 unspecified atom stereocenters. The van der Waals surface area contributed by atoms with Crippen molar-refractivity contribution in [1.82, 2.24) is 5.32 Å². The van der Waals surface area contributed by atoms with Crippen molar-refractivity contribution >= 4 is 23.6 Å². The molecule has 2 rings (SSSR count). The summed E-state index contributed by atoms with van der Waals surface area (Å²) in [6.07, 6.45) is 5.74. The van der Waals surface area contributed by atoms with Crippen molar-refractivity contribution < 1.29 is 14.7 Å². The fourth-order valence-corrected chi connectivity index (χ4v) is 2.60. The van der Waals surface area contributed by atoms with Crippen LogP contribution in [0.4, 0.5) is 5.69 Å². The molecule has 1 aromatic rings. The SMILES string of the molecule is CC(=O)Nc1ccc(C=CC(=O)NCC2CCCC2O)cc1. The lowest BCUT2D eigenvalue weighted by Gasteiger charge is -2.13. The van der Waals surface area contributed by atoms with E-state index in [0.717, 1.165) is 30.5 Å². The predicted octanol–water partition coefficient (Wildman–Crippen LogP) is 1.94. The number of hydrogen-bond donors (Lipinski definition) is 3. The van der Waals surface area contributed by atoms with Crippen LogP contribution in [0, 0.1) is 5.92 Å². The first-order valence-electron chi connectivity index (χ1n) is 7.56. The van der Waals surface area contributed by atoms with Crippen molar-refractivity contribution in [2.45, 2.75) is 32.3 Å². The lowest BCUT2D eigenvalue weighted by Crippen LogP contribution is -2.31. The molecule has 1 aliphatic carbocycles. The molecular formula is C17H22N2O3. The molecule has 5 heteroatoms. The van der Waals surface area contributed by atoms with E-state index >= 15 is 0 Å². The minimum Gasteiger partial charge on any atom is -0.393 e. The van der Waals surface area contributed by atoms with Crippen LogP contribution in [0.25, 0.3) is 6.08 Å². The number of amides is 2. The Balaban J connectivity index is 1.80. The van der Waals surface area contributed by atoms with E-state index in [1.165, 1.54) is 13.0 Å². The molecule has 0 saturated heterocycles. The fourth-order valence-electron chi connectivity index (χ4n) is 2.60. The van der Waals surface area contributed by atoms with Crippen LogP contribution in [0.5, 0.6) is 0 Å². The van der Waals surface area contributed by atoms with Crippen LogP contribution < -0.4 is 10.6 Å². The van der Waals surface area contributed by atoms with Crippen molar-refractivity contribution in [3.8, 4) is 0 Å². The van der Waals surface area contributed by atoms with Crippen LogP contribution in [0.3, 0.4) is 0 Å². The summed E-state index contributed by atoms with van der Waals surface area (Å²) >= 11 is 0. The Morgan fingerprint density at radius 3 is 2.59 bits per heavy atom. The molecule has 2 amide bonds. The third kappa shape index (κ3) is 5.00. The second-order valence-electron chi connectivity index (χ2n) is 5.64. The number of aliphatic hydroxyl groups is 1. The smallest absolute Gasteiger partial charge is 0.244 e. The van der Waals surface area contributed by atoms with Gasteiger partial charge >= 0.3 is 0 Å². The molecule has 22 heavy (non-hydrogen) atoms. The van der Waals surface area contributed by atoms with Crippen LogP contribution in [0.15, 0.2) is 30.3 Å². The first-order chi connectivity index (χ1) is 10.5. The molecule has 0 aromatic heterocycles. The van der Waals surface area contributed by atoms with E-state index in [1.54, 1.807) is 18.2 Å². The molecular weight excluding hydrogens is 280 g/mol. The largest absolute Gasteiger partial charge is 0.393 e. The van der Waals surface area contributed by atoms with E-state index in [0.29, 0.717) is 6.54 Å². The maximum Gasteiger partial charge on any atom is 0.244 e. The lowest BCUT2D eigenvalue weighted by molar-refractivity contribution is -0.117. The first-order valence-corrected chi connectivity index (χ1v) is 7.56. The highest BCUT2D eigenvalue weighted by atomic mass is 16.3. The van der Waals surface area contributed by atoms with E-state index in [1.807, 2.05) is 12.1 Å². The van der Waals surface area contributed by atoms with Crippen molar-refractivity contribution in [2.75, 3.05) is 11.9 Å². The van der Waals surface area contributed by atoms with Crippen LogP contribution in [-0.2, 0) is 9.59 Å². The highest BCUT2D eigenvalue weighted by Gasteiger charge is 2.24. The van der Waals surface area contributed by atoms with Crippen LogP contribution >= 0.6 is 0 Å². The van der Waals surface area contributed by atoms with E-state index in [4.69, 9.17) is 0 Å². The number of nitrogens with one attached hydrogen (secondary N) is 2. The minimum absolute atomic E-state index is 0.114. The van der Waals surface area contributed by atoms with E-state index < -0.39 is 0 Å². The predicted molar refractivity (Wildman–Crippen MR) is 86.1 cm³/mol. The van der Waals surface area contributed by atoms with Crippen LogP contribution in [0.1, 0.15) is 31.7 Å². The van der Waals surface area contributed by atoms with Gasteiger partial charge in [0.25, 0.3) is 0 Å². The van der Waals surface area contributed by atoms with Crippen molar-refractivity contribution in [3.05, 3.63) is 35.9 Å². The summed E-state index contributed by atoms with van der Waals surface area (Å²) in [7, 11) is 0. The standard InChI is InChI=1S/C17H22N2O3/c1-12(20)19-15-8-5-13(6-9-15)7-10-17(22)18-11-14-3-2-4-16(14)21/h5-10,14,16,21H,2-4,11H2,1H3,(H,18,22)(H,19,20). The Kier molecular flexibility index (Phi) is 5.72. The van der Waals surface area contributed by atoms with Crippen molar-refractivity contribution in [1.29, 1.82) is 0 Å². The Bertz CT molecular complexity index is 552. The van der Waals surface area contributed by atoms with Gasteiger partial charge in [-0.1, -0.05) is 18.6 Å². The topological polar surface area (TPSA) is 78.4 Å². The van der Waals surface area contributed by atoms with Gasteiger partial charge in [-0.25, -0.2) is 0 Å². The number of rotatable bonds is 5. The van der Waals surface area contributed by atoms with Gasteiger partial charge in [-0.15, -0.1) is 0 Å². The third-order valence-corrected chi connectivity index (χ3v) is 3.82. The summed E-state index contributed by atoms with van der Waals surface area (Å²) in [4.78, 5) is 22.7. The summed E-state index contributed by atoms with van der Waals surface area (Å²) in [6, 6.07) is 7.23. The molecule has 0 radical (unpaired) electrons. The average molecular weight is 302 g/mol. The van der Waals surface area contributed by atoms with Gasteiger partial charge in [-0.3, -0.25) is 9.59 Å². The van der Waals surface area contributed by atoms with Gasteiger partial charge in [0.15, 0.2) is 0 Å². The molecule has 0 heterocycles. The number of hydrogen-bond acceptors (Lipinski definition) is 3. The Morgan fingerprint density at radius 1 is 1.27 bits per heavy atom. The zero-order chi connectivity index (χ0) is 15.9. The maximum atomic E-state index is 11.8. The van der Waals surface area contributed by atoms with Gasteiger partial charge in [0.1, 0.15) is 0 Å². The zero-order valence-electron chi connectivity index (χ0n) is 12.7. The molecule has 1 aromatic carbocycles. The van der Waals surface area contributed by atoms with Gasteiger partial charge < -0.3 is 15.7 Å². The van der Waals surface area contributed by atoms with Gasteiger partial charge in [0, 0.05) is 31.1 Å². The van der Waals surface area contributed by atoms with E-state index in [-0.39, 0.29) is 23.8 Å². The summed E-state index contributed by atoms with van der Waals surface area (Å²) in [6.45, 7) is 1.98. The molecule has 1 aliphatic rings. The van der Waals surface area contributed by atoms with Gasteiger partial charge in [-0.05, 0) is 36.6 Å². The molecule has 1 saturated carbocycles. The maximum absolute atomic E-state index is 11.8. The number of carbonyl (C=O) groups excluding carboxylic acids is 2. The highest BCUT2D eigenvalue weighted by molar-refractivity contribution is 5.92. The summed E-state index contributed by atoms with van der Waals surface area (Å²) in [5.41, 5.74) is 1.61. The normalized spacial score (nSPS) is 21.0. The van der Waals surface area contributed by atoms with Crippen molar-refractivity contribution in [3.63, 3.8) is 0 Å². The third-order valence-electron chi connectivity index (χ3n) is 3.82. The van der Waals surface area contributed by atoms with E-state index in [9.17, 15) is 14.7 Å². The Labute approximate surface area is 130 Å². The fraction of sp³-hybridized carbons (Fsp3) is 0.412. The molecule has 3 N–H and O–H groups in total. The molecule has 0 aliphatic heterocycles. The molecule has 1 fully saturated rings. The first kappa shape index (κ1) is 16.2. The second-order valence-corrected chi connectivity index (χ2v) is 5.64. The second kappa shape index (κ2) is 7.75. The monoisotopic (exact) mass is 302 g/mol. The van der Waals surface area contributed by atoms with Crippen LogP contribution in [0.2, 0.25) is 0 Å². The zero-order valence-corrected chi connectivity index (χ0v) is 12.7.